The van der Waals surface area contributed by atoms with Crippen LogP contribution in [0, 0.1) is 0 Å². The molecule has 1 aliphatic rings. The summed E-state index contributed by atoms with van der Waals surface area (Å²) in [5, 5.41) is 0.515. The second kappa shape index (κ2) is 8.99. The second-order valence-electron chi connectivity index (χ2n) is 7.50. The summed E-state index contributed by atoms with van der Waals surface area (Å²) in [5.74, 6) is -0.407. The highest BCUT2D eigenvalue weighted by Gasteiger charge is 2.32. The smallest absolute Gasteiger partial charge is 0.406 e. The van der Waals surface area contributed by atoms with Gasteiger partial charge in [0.05, 0.1) is 23.4 Å². The van der Waals surface area contributed by atoms with Crippen LogP contribution in [-0.2, 0) is 17.8 Å². The van der Waals surface area contributed by atoms with Crippen molar-refractivity contribution in [1.82, 2.24) is 14.3 Å². The normalized spacial score (nSPS) is 16.7. The Morgan fingerprint density at radius 3 is 2.66 bits per heavy atom. The summed E-state index contributed by atoms with van der Waals surface area (Å²) in [6, 6.07) is 9.05. The zero-order chi connectivity index (χ0) is 22.9. The van der Waals surface area contributed by atoms with E-state index in [0.29, 0.717) is 53.6 Å². The van der Waals surface area contributed by atoms with Gasteiger partial charge in [0, 0.05) is 19.3 Å². The fourth-order valence-electron chi connectivity index (χ4n) is 3.74. The third-order valence-corrected chi connectivity index (χ3v) is 5.49. The van der Waals surface area contributed by atoms with E-state index in [1.165, 1.54) is 24.3 Å². The van der Waals surface area contributed by atoms with E-state index in [4.69, 9.17) is 16.3 Å². The average molecular weight is 468 g/mol. The molecular weight excluding hydrogens is 447 g/mol. The molecule has 0 bridgehead atoms. The van der Waals surface area contributed by atoms with Gasteiger partial charge in [0.15, 0.2) is 0 Å². The highest BCUT2D eigenvalue weighted by molar-refractivity contribution is 6.30. The van der Waals surface area contributed by atoms with Gasteiger partial charge in [0.25, 0.3) is 5.91 Å². The maximum Gasteiger partial charge on any atom is 0.573 e. The van der Waals surface area contributed by atoms with Crippen molar-refractivity contribution in [3.8, 4) is 5.75 Å². The van der Waals surface area contributed by atoms with Crippen molar-refractivity contribution in [3.05, 3.63) is 64.6 Å². The van der Waals surface area contributed by atoms with Gasteiger partial charge >= 0.3 is 6.36 Å². The largest absolute Gasteiger partial charge is 0.573 e. The van der Waals surface area contributed by atoms with E-state index in [1.54, 1.807) is 27.6 Å². The number of halogens is 4. The number of alkyl halides is 3. The Hall–Kier alpha value is -2.78. The lowest BCUT2D eigenvalue weighted by Gasteiger charge is -2.17. The molecule has 2 aromatic heterocycles. The third kappa shape index (κ3) is 4.99. The number of pyridine rings is 1. The molecule has 6 nitrogen and oxygen atoms in total. The van der Waals surface area contributed by atoms with Crippen LogP contribution in [0.15, 0.2) is 42.6 Å². The number of imidazole rings is 1. The zero-order valence-corrected chi connectivity index (χ0v) is 18.0. The number of likely N-dealkylation sites (tertiary alicyclic amines) is 1. The van der Waals surface area contributed by atoms with Crippen molar-refractivity contribution in [2.24, 2.45) is 0 Å². The van der Waals surface area contributed by atoms with Gasteiger partial charge in [-0.2, -0.15) is 0 Å². The number of nitrogens with zero attached hydrogens (tertiary/aromatic N) is 3. The first kappa shape index (κ1) is 22.4. The van der Waals surface area contributed by atoms with Crippen molar-refractivity contribution in [2.75, 3.05) is 13.1 Å². The van der Waals surface area contributed by atoms with Crippen LogP contribution in [0.2, 0.25) is 5.02 Å². The number of aromatic nitrogens is 2. The summed E-state index contributed by atoms with van der Waals surface area (Å²) in [5.41, 5.74) is 2.60. The molecule has 1 saturated heterocycles. The Bertz CT molecular complexity index is 1120. The van der Waals surface area contributed by atoms with Gasteiger partial charge in [-0.15, -0.1) is 13.2 Å². The molecule has 32 heavy (non-hydrogen) atoms. The summed E-state index contributed by atoms with van der Waals surface area (Å²) in [6.07, 6.45) is -1.92. The van der Waals surface area contributed by atoms with Gasteiger partial charge in [-0.05, 0) is 42.7 Å². The number of carbonyl (C=O) groups excluding carboxylic acids is 1. The van der Waals surface area contributed by atoms with Gasteiger partial charge in [0.2, 0.25) is 0 Å². The Balaban J connectivity index is 1.38. The molecule has 170 valence electrons. The van der Waals surface area contributed by atoms with Crippen LogP contribution in [-0.4, -0.2) is 45.7 Å². The SMILES string of the molecule is CCc1nc2ccc(Cl)cn2c1C(=O)N1CC[C@@H](OCc2ccc(OC(F)(F)F)cc2)C1. The molecule has 0 spiro atoms. The van der Waals surface area contributed by atoms with Crippen LogP contribution in [0.25, 0.3) is 5.65 Å². The molecule has 1 atom stereocenters. The summed E-state index contributed by atoms with van der Waals surface area (Å²) >= 11 is 6.11. The van der Waals surface area contributed by atoms with E-state index in [-0.39, 0.29) is 24.4 Å². The van der Waals surface area contributed by atoms with Crippen molar-refractivity contribution in [3.63, 3.8) is 0 Å². The van der Waals surface area contributed by atoms with Crippen molar-refractivity contribution in [1.29, 1.82) is 0 Å². The molecule has 0 radical (unpaired) electrons. The molecule has 10 heteroatoms. The van der Waals surface area contributed by atoms with Gasteiger partial charge in [-0.25, -0.2) is 4.98 Å². The number of fused-ring (bicyclic) bond motifs is 1. The molecule has 0 aliphatic carbocycles. The Labute approximate surface area is 187 Å². The molecule has 3 heterocycles. The molecule has 0 N–H and O–H groups in total. The van der Waals surface area contributed by atoms with Crippen molar-refractivity contribution < 1.29 is 27.4 Å². The number of aryl methyl sites for hydroxylation is 1. The van der Waals surface area contributed by atoms with E-state index in [9.17, 15) is 18.0 Å². The number of carbonyl (C=O) groups is 1. The standard InChI is InChI=1S/C22H21ClF3N3O3/c1-2-18-20(29-11-15(23)5-8-19(29)27-18)21(30)28-10-9-17(12-28)31-13-14-3-6-16(7-4-14)32-22(24,25)26/h3-8,11,17H,2,9-10,12-13H2,1H3/t17-/m1/s1. The first-order chi connectivity index (χ1) is 15.2. The lowest BCUT2D eigenvalue weighted by atomic mass is 10.2. The number of rotatable bonds is 6. The predicted molar refractivity (Wildman–Crippen MR) is 112 cm³/mol. The minimum Gasteiger partial charge on any atom is -0.406 e. The fourth-order valence-corrected chi connectivity index (χ4v) is 3.90. The van der Waals surface area contributed by atoms with E-state index >= 15 is 0 Å². The topological polar surface area (TPSA) is 56.1 Å². The highest BCUT2D eigenvalue weighted by atomic mass is 35.5. The van der Waals surface area contributed by atoms with Gasteiger partial charge in [-0.1, -0.05) is 30.7 Å². The molecule has 0 saturated carbocycles. The summed E-state index contributed by atoms with van der Waals surface area (Å²) in [4.78, 5) is 19.5. The predicted octanol–water partition coefficient (Wildman–Crippen LogP) is 4.88. The fraction of sp³-hybridized carbons (Fsp3) is 0.364. The molecule has 1 amide bonds. The maximum atomic E-state index is 13.2. The van der Waals surface area contributed by atoms with Gasteiger partial charge < -0.3 is 14.4 Å². The first-order valence-electron chi connectivity index (χ1n) is 10.2. The van der Waals surface area contributed by atoms with Crippen LogP contribution in [0.3, 0.4) is 0 Å². The summed E-state index contributed by atoms with van der Waals surface area (Å²) < 4.78 is 48.3. The van der Waals surface area contributed by atoms with E-state index in [0.717, 1.165) is 0 Å². The number of amides is 1. The van der Waals surface area contributed by atoms with E-state index in [1.807, 2.05) is 6.92 Å². The van der Waals surface area contributed by atoms with Gasteiger partial charge in [0.1, 0.15) is 17.1 Å². The quantitative estimate of drug-likeness (QED) is 0.518. The van der Waals surface area contributed by atoms with Crippen LogP contribution < -0.4 is 4.74 Å². The number of benzene rings is 1. The monoisotopic (exact) mass is 467 g/mol. The van der Waals surface area contributed by atoms with Gasteiger partial charge in [-0.3, -0.25) is 9.20 Å². The highest BCUT2D eigenvalue weighted by Crippen LogP contribution is 2.25. The summed E-state index contributed by atoms with van der Waals surface area (Å²) in [7, 11) is 0. The number of hydrogen-bond acceptors (Lipinski definition) is 4. The van der Waals surface area contributed by atoms with Crippen molar-refractivity contribution >= 4 is 23.2 Å². The maximum absolute atomic E-state index is 13.2. The minimum absolute atomic E-state index is 0.128. The Morgan fingerprint density at radius 2 is 1.97 bits per heavy atom. The van der Waals surface area contributed by atoms with Crippen LogP contribution in [0.5, 0.6) is 5.75 Å². The lowest BCUT2D eigenvalue weighted by Crippen LogP contribution is -2.31. The molecule has 1 aromatic carbocycles. The molecule has 4 rings (SSSR count). The first-order valence-corrected chi connectivity index (χ1v) is 10.5. The van der Waals surface area contributed by atoms with Crippen LogP contribution in [0.4, 0.5) is 13.2 Å². The van der Waals surface area contributed by atoms with Crippen LogP contribution in [0.1, 0.15) is 35.1 Å². The molecular formula is C22H21ClF3N3O3. The molecule has 1 aliphatic heterocycles. The number of ether oxygens (including phenoxy) is 2. The van der Waals surface area contributed by atoms with E-state index in [2.05, 4.69) is 9.72 Å². The van der Waals surface area contributed by atoms with Crippen molar-refractivity contribution in [2.45, 2.75) is 38.8 Å². The Morgan fingerprint density at radius 1 is 1.22 bits per heavy atom. The molecule has 3 aromatic rings. The Kier molecular flexibility index (Phi) is 6.30. The zero-order valence-electron chi connectivity index (χ0n) is 17.2. The second-order valence-corrected chi connectivity index (χ2v) is 7.94. The van der Waals surface area contributed by atoms with Crippen LogP contribution >= 0.6 is 11.6 Å². The lowest BCUT2D eigenvalue weighted by molar-refractivity contribution is -0.274. The van der Waals surface area contributed by atoms with E-state index < -0.39 is 6.36 Å². The molecule has 0 unspecified atom stereocenters. The number of hydrogen-bond donors (Lipinski definition) is 0. The summed E-state index contributed by atoms with van der Waals surface area (Å²) in [6.45, 7) is 3.13. The average Bonchev–Trinajstić information content (AvgIpc) is 3.36. The minimum atomic E-state index is -4.72. The third-order valence-electron chi connectivity index (χ3n) is 5.27. The molecule has 1 fully saturated rings.